The van der Waals surface area contributed by atoms with Crippen LogP contribution in [-0.4, -0.2) is 34.2 Å². The first-order chi connectivity index (χ1) is 12.8. The zero-order chi connectivity index (χ0) is 19.6. The van der Waals surface area contributed by atoms with Crippen LogP contribution in [0.4, 0.5) is 0 Å². The topological polar surface area (TPSA) is 86.4 Å². The van der Waals surface area contributed by atoms with Gasteiger partial charge in [-0.1, -0.05) is 5.16 Å². The molecule has 0 bridgehead atoms. The van der Waals surface area contributed by atoms with E-state index in [9.17, 15) is 9.59 Å². The van der Waals surface area contributed by atoms with Crippen LogP contribution in [0.3, 0.4) is 0 Å². The fourth-order valence-electron chi connectivity index (χ4n) is 3.12. The minimum absolute atomic E-state index is 0.136. The van der Waals surface area contributed by atoms with E-state index in [1.165, 1.54) is 6.08 Å². The van der Waals surface area contributed by atoms with E-state index in [1.807, 2.05) is 44.4 Å². The van der Waals surface area contributed by atoms with E-state index >= 15 is 0 Å². The van der Waals surface area contributed by atoms with Gasteiger partial charge in [-0.15, -0.1) is 0 Å². The molecule has 1 fully saturated rings. The number of ether oxygens (including phenoxy) is 1. The molecule has 27 heavy (non-hydrogen) atoms. The van der Waals surface area contributed by atoms with Crippen LogP contribution in [0.25, 0.3) is 11.9 Å². The Morgan fingerprint density at radius 2 is 2.11 bits per heavy atom. The molecule has 3 rings (SSSR count). The molecule has 1 atom stereocenters. The number of carbonyl (C=O) groups excluding carboxylic acids is 2. The van der Waals surface area contributed by atoms with E-state index in [4.69, 9.17) is 9.26 Å². The van der Waals surface area contributed by atoms with Crippen molar-refractivity contribution in [1.29, 1.82) is 0 Å². The number of rotatable bonds is 7. The number of amides is 1. The highest BCUT2D eigenvalue weighted by molar-refractivity contribution is 5.89. The first kappa shape index (κ1) is 18.9. The van der Waals surface area contributed by atoms with Gasteiger partial charge in [0, 0.05) is 29.6 Å². The molecule has 144 valence electrons. The monoisotopic (exact) mass is 371 g/mol. The molecule has 0 radical (unpaired) electrons. The van der Waals surface area contributed by atoms with Gasteiger partial charge in [0.15, 0.2) is 12.4 Å². The van der Waals surface area contributed by atoms with E-state index in [0.717, 1.165) is 35.6 Å². The third-order valence-electron chi connectivity index (χ3n) is 4.78. The van der Waals surface area contributed by atoms with Crippen molar-refractivity contribution < 1.29 is 18.8 Å². The molecule has 1 aliphatic rings. The molecule has 1 amide bonds. The summed E-state index contributed by atoms with van der Waals surface area (Å²) in [5, 5.41) is 6.88. The van der Waals surface area contributed by atoms with Crippen LogP contribution >= 0.6 is 0 Å². The van der Waals surface area contributed by atoms with Crippen LogP contribution < -0.4 is 5.32 Å². The maximum atomic E-state index is 11.9. The minimum Gasteiger partial charge on any atom is -0.452 e. The van der Waals surface area contributed by atoms with E-state index in [-0.39, 0.29) is 18.6 Å². The first-order valence-electron chi connectivity index (χ1n) is 9.12. The number of aryl methyl sites for hydroxylation is 2. The van der Waals surface area contributed by atoms with Gasteiger partial charge in [0.1, 0.15) is 5.76 Å². The number of hydrogen-bond donors (Lipinski definition) is 1. The Morgan fingerprint density at radius 1 is 1.37 bits per heavy atom. The van der Waals surface area contributed by atoms with E-state index in [2.05, 4.69) is 10.5 Å². The number of hydrogen-bond acceptors (Lipinski definition) is 5. The van der Waals surface area contributed by atoms with Crippen LogP contribution in [0.1, 0.15) is 42.5 Å². The summed E-state index contributed by atoms with van der Waals surface area (Å²) in [4.78, 5) is 23.7. The highest BCUT2D eigenvalue weighted by Crippen LogP contribution is 2.32. The summed E-state index contributed by atoms with van der Waals surface area (Å²) in [7, 11) is 0. The second kappa shape index (κ2) is 7.82. The summed E-state index contributed by atoms with van der Waals surface area (Å²) < 4.78 is 12.1. The molecular weight excluding hydrogens is 346 g/mol. The van der Waals surface area contributed by atoms with Gasteiger partial charge in [0.2, 0.25) is 0 Å². The average molecular weight is 371 g/mol. The Hall–Kier alpha value is -2.83. The fraction of sp³-hybridized carbons (Fsp3) is 0.450. The molecule has 7 heteroatoms. The standard InChI is InChI=1S/C20H25N3O4/c1-12-9-17(15(4)23(12)18-10-13(2)27-22-18)7-8-20(25)26-11-19(24)21-14(3)16-5-6-16/h7-10,14,16H,5-6,11H2,1-4H3,(H,21,24)/b8-7+/t14-/m0/s1. The van der Waals surface area contributed by atoms with Crippen molar-refractivity contribution in [1.82, 2.24) is 15.0 Å². The molecule has 0 unspecified atom stereocenters. The largest absolute Gasteiger partial charge is 0.452 e. The molecule has 0 aromatic carbocycles. The van der Waals surface area contributed by atoms with Crippen molar-refractivity contribution in [3.8, 4) is 5.82 Å². The van der Waals surface area contributed by atoms with Crippen molar-refractivity contribution in [3.05, 3.63) is 40.9 Å². The van der Waals surface area contributed by atoms with Crippen molar-refractivity contribution in [2.45, 2.75) is 46.6 Å². The fourth-order valence-corrected chi connectivity index (χ4v) is 3.12. The lowest BCUT2D eigenvalue weighted by molar-refractivity contribution is -0.144. The summed E-state index contributed by atoms with van der Waals surface area (Å²) in [6, 6.07) is 3.94. The number of esters is 1. The molecule has 0 aliphatic heterocycles. The molecule has 0 saturated heterocycles. The van der Waals surface area contributed by atoms with Gasteiger partial charge in [-0.3, -0.25) is 9.36 Å². The maximum absolute atomic E-state index is 11.9. The maximum Gasteiger partial charge on any atom is 0.331 e. The average Bonchev–Trinajstić information content (AvgIpc) is 3.33. The normalized spacial score (nSPS) is 15.1. The Kier molecular flexibility index (Phi) is 5.48. The van der Waals surface area contributed by atoms with E-state index < -0.39 is 5.97 Å². The predicted octanol–water partition coefficient (Wildman–Crippen LogP) is 2.86. The van der Waals surface area contributed by atoms with Crippen LogP contribution in [-0.2, 0) is 14.3 Å². The quantitative estimate of drug-likeness (QED) is 0.597. The Labute approximate surface area is 158 Å². The van der Waals surface area contributed by atoms with Crippen molar-refractivity contribution >= 4 is 18.0 Å². The lowest BCUT2D eigenvalue weighted by Gasteiger charge is -2.12. The first-order valence-corrected chi connectivity index (χ1v) is 9.12. The van der Waals surface area contributed by atoms with Gasteiger partial charge >= 0.3 is 5.97 Å². The third kappa shape index (κ3) is 4.67. The highest BCUT2D eigenvalue weighted by atomic mass is 16.5. The predicted molar refractivity (Wildman–Crippen MR) is 100 cm³/mol. The van der Waals surface area contributed by atoms with Gasteiger partial charge in [-0.05, 0) is 64.2 Å². The SMILES string of the molecule is Cc1cc(-n2c(C)cc(/C=C/C(=O)OCC(=O)N[C@@H](C)C3CC3)c2C)no1. The van der Waals surface area contributed by atoms with Crippen molar-refractivity contribution in [2.24, 2.45) is 5.92 Å². The molecule has 2 aromatic heterocycles. The molecule has 2 heterocycles. The second-order valence-electron chi connectivity index (χ2n) is 7.09. The van der Waals surface area contributed by atoms with Crippen LogP contribution in [0.5, 0.6) is 0 Å². The van der Waals surface area contributed by atoms with Gasteiger partial charge in [0.05, 0.1) is 0 Å². The third-order valence-corrected chi connectivity index (χ3v) is 4.78. The molecule has 1 N–H and O–H groups in total. The summed E-state index contributed by atoms with van der Waals surface area (Å²) in [5.74, 6) is 1.17. The van der Waals surface area contributed by atoms with Crippen LogP contribution in [0, 0.1) is 26.7 Å². The Morgan fingerprint density at radius 3 is 2.74 bits per heavy atom. The summed E-state index contributed by atoms with van der Waals surface area (Å²) in [5.41, 5.74) is 2.78. The Balaban J connectivity index is 1.57. The molecular formula is C20H25N3O4. The van der Waals surface area contributed by atoms with Gasteiger partial charge < -0.3 is 14.6 Å². The lowest BCUT2D eigenvalue weighted by Crippen LogP contribution is -2.36. The zero-order valence-electron chi connectivity index (χ0n) is 16.1. The molecule has 7 nitrogen and oxygen atoms in total. The van der Waals surface area contributed by atoms with Crippen LogP contribution in [0.2, 0.25) is 0 Å². The summed E-state index contributed by atoms with van der Waals surface area (Å²) >= 11 is 0. The zero-order valence-corrected chi connectivity index (χ0v) is 16.1. The molecule has 1 aliphatic carbocycles. The number of nitrogens with one attached hydrogen (secondary N) is 1. The molecule has 2 aromatic rings. The van der Waals surface area contributed by atoms with Crippen molar-refractivity contribution in [2.75, 3.05) is 6.61 Å². The Bertz CT molecular complexity index is 874. The summed E-state index contributed by atoms with van der Waals surface area (Å²) in [6.07, 6.45) is 5.31. The van der Waals surface area contributed by atoms with Gasteiger partial charge in [-0.25, -0.2) is 4.79 Å². The van der Waals surface area contributed by atoms with E-state index in [0.29, 0.717) is 11.7 Å². The minimum atomic E-state index is -0.550. The number of carbonyl (C=O) groups is 2. The van der Waals surface area contributed by atoms with Gasteiger partial charge in [-0.2, -0.15) is 0 Å². The van der Waals surface area contributed by atoms with Gasteiger partial charge in [0.25, 0.3) is 5.91 Å². The lowest BCUT2D eigenvalue weighted by atomic mass is 10.2. The van der Waals surface area contributed by atoms with Crippen molar-refractivity contribution in [3.63, 3.8) is 0 Å². The second-order valence-corrected chi connectivity index (χ2v) is 7.09. The smallest absolute Gasteiger partial charge is 0.331 e. The summed E-state index contributed by atoms with van der Waals surface area (Å²) in [6.45, 7) is 7.44. The number of nitrogens with zero attached hydrogens (tertiary/aromatic N) is 2. The van der Waals surface area contributed by atoms with E-state index in [1.54, 1.807) is 6.08 Å². The molecule has 1 saturated carbocycles. The highest BCUT2D eigenvalue weighted by Gasteiger charge is 2.28. The molecule has 0 spiro atoms. The number of aromatic nitrogens is 2. The van der Waals surface area contributed by atoms with Crippen LogP contribution in [0.15, 0.2) is 22.7 Å².